The molecule has 1 aliphatic heterocycles. The Morgan fingerprint density at radius 1 is 1.42 bits per heavy atom. The average molecular weight is 327 g/mol. The number of halogens is 1. The van der Waals surface area contributed by atoms with Crippen LogP contribution >= 0.6 is 15.9 Å². The van der Waals surface area contributed by atoms with Crippen molar-refractivity contribution < 1.29 is 9.90 Å². The lowest BCUT2D eigenvalue weighted by Crippen LogP contribution is -2.53. The number of carbonyl (C=O) groups is 1. The van der Waals surface area contributed by atoms with E-state index in [0.717, 1.165) is 28.8 Å². The van der Waals surface area contributed by atoms with E-state index in [1.165, 1.54) is 0 Å². The van der Waals surface area contributed by atoms with Crippen LogP contribution in [0.5, 0.6) is 0 Å². The van der Waals surface area contributed by atoms with Crippen molar-refractivity contribution in [2.75, 3.05) is 25.5 Å². The number of carboxylic acids is 1. The zero-order chi connectivity index (χ0) is 14.0. The minimum absolute atomic E-state index is 0.615. The highest BCUT2D eigenvalue weighted by Crippen LogP contribution is 2.29. The van der Waals surface area contributed by atoms with Crippen molar-refractivity contribution in [1.82, 2.24) is 4.90 Å². The fraction of sp³-hybridized carbons (Fsp3) is 0.500. The highest BCUT2D eigenvalue weighted by atomic mass is 79.9. The number of aliphatic carboxylic acids is 1. The van der Waals surface area contributed by atoms with E-state index in [1.807, 2.05) is 32.2 Å². The van der Waals surface area contributed by atoms with Crippen molar-refractivity contribution in [2.45, 2.75) is 25.3 Å². The van der Waals surface area contributed by atoms with E-state index < -0.39 is 11.5 Å². The van der Waals surface area contributed by atoms with E-state index in [1.54, 1.807) is 0 Å². The average Bonchev–Trinajstić information content (AvgIpc) is 2.37. The van der Waals surface area contributed by atoms with Gasteiger partial charge in [0.2, 0.25) is 0 Å². The number of carboxylic acid groups (broad SMARTS) is 1. The molecule has 1 aromatic carbocycles. The van der Waals surface area contributed by atoms with E-state index >= 15 is 0 Å². The van der Waals surface area contributed by atoms with Gasteiger partial charge in [0.25, 0.3) is 0 Å². The van der Waals surface area contributed by atoms with Crippen LogP contribution in [0.1, 0.15) is 18.4 Å². The van der Waals surface area contributed by atoms with Gasteiger partial charge in [0.05, 0.1) is 0 Å². The van der Waals surface area contributed by atoms with Crippen LogP contribution in [0.3, 0.4) is 0 Å². The Kier molecular flexibility index (Phi) is 4.16. The van der Waals surface area contributed by atoms with Crippen LogP contribution in [0.15, 0.2) is 22.7 Å². The molecule has 1 aliphatic rings. The molecule has 0 aromatic heterocycles. The number of piperidine rings is 1. The number of anilines is 1. The molecular weight excluding hydrogens is 308 g/mol. The Hall–Kier alpha value is -1.07. The molecule has 1 aromatic rings. The molecule has 0 aliphatic carbocycles. The lowest BCUT2D eigenvalue weighted by Gasteiger charge is -2.38. The molecule has 0 bridgehead atoms. The predicted octanol–water partition coefficient (Wildman–Crippen LogP) is 2.72. The molecule has 0 radical (unpaired) electrons. The molecule has 0 atom stereocenters. The fourth-order valence-corrected chi connectivity index (χ4v) is 2.72. The van der Waals surface area contributed by atoms with Crippen molar-refractivity contribution in [3.8, 4) is 0 Å². The van der Waals surface area contributed by atoms with Gasteiger partial charge >= 0.3 is 5.97 Å². The van der Waals surface area contributed by atoms with Crippen LogP contribution < -0.4 is 5.32 Å². The second-order valence-corrected chi connectivity index (χ2v) is 6.13. The van der Waals surface area contributed by atoms with Crippen LogP contribution in [0.25, 0.3) is 0 Å². The second-order valence-electron chi connectivity index (χ2n) is 5.28. The summed E-state index contributed by atoms with van der Waals surface area (Å²) in [4.78, 5) is 13.8. The third kappa shape index (κ3) is 3.09. The van der Waals surface area contributed by atoms with E-state index in [2.05, 4.69) is 26.1 Å². The Labute approximate surface area is 121 Å². The molecule has 0 saturated carbocycles. The van der Waals surface area contributed by atoms with Crippen molar-refractivity contribution in [2.24, 2.45) is 0 Å². The maximum absolute atomic E-state index is 11.6. The number of nitrogens with one attached hydrogen (secondary N) is 1. The third-order valence-corrected chi connectivity index (χ3v) is 4.66. The van der Waals surface area contributed by atoms with Gasteiger partial charge in [-0.3, -0.25) is 0 Å². The minimum Gasteiger partial charge on any atom is -0.480 e. The Morgan fingerprint density at radius 3 is 2.58 bits per heavy atom. The zero-order valence-electron chi connectivity index (χ0n) is 11.2. The van der Waals surface area contributed by atoms with Crippen LogP contribution in [0.2, 0.25) is 0 Å². The van der Waals surface area contributed by atoms with Gasteiger partial charge < -0.3 is 15.3 Å². The number of rotatable bonds is 3. The highest BCUT2D eigenvalue weighted by Gasteiger charge is 2.40. The number of likely N-dealkylation sites (tertiary alicyclic amines) is 1. The summed E-state index contributed by atoms with van der Waals surface area (Å²) in [5.74, 6) is -0.766. The molecule has 104 valence electrons. The molecule has 1 fully saturated rings. The van der Waals surface area contributed by atoms with Gasteiger partial charge in [-0.2, -0.15) is 0 Å². The predicted molar refractivity (Wildman–Crippen MR) is 79.6 cm³/mol. The Balaban J connectivity index is 2.21. The molecule has 1 saturated heterocycles. The molecule has 1 heterocycles. The first-order chi connectivity index (χ1) is 8.93. The summed E-state index contributed by atoms with van der Waals surface area (Å²) in [5, 5.41) is 12.8. The maximum Gasteiger partial charge on any atom is 0.329 e. The molecule has 2 N–H and O–H groups in total. The first-order valence-electron chi connectivity index (χ1n) is 6.39. The molecule has 0 unspecified atom stereocenters. The number of hydrogen-bond acceptors (Lipinski definition) is 3. The molecule has 0 amide bonds. The third-order valence-electron chi connectivity index (χ3n) is 3.81. The van der Waals surface area contributed by atoms with E-state index in [-0.39, 0.29) is 0 Å². The molecule has 4 nitrogen and oxygen atoms in total. The van der Waals surface area contributed by atoms with Gasteiger partial charge in [0.15, 0.2) is 0 Å². The number of benzene rings is 1. The topological polar surface area (TPSA) is 52.6 Å². The Bertz CT molecular complexity index is 482. The smallest absolute Gasteiger partial charge is 0.329 e. The standard InChI is InChI=1S/C14H19BrN2O2/c1-10-3-4-11(9-12(10)15)16-14(13(18)19)5-7-17(2)8-6-14/h3-4,9,16H,5-8H2,1-2H3,(H,18,19). The van der Waals surface area contributed by atoms with Gasteiger partial charge in [-0.1, -0.05) is 22.0 Å². The SMILES string of the molecule is Cc1ccc(NC2(C(=O)O)CCN(C)CC2)cc1Br. The maximum atomic E-state index is 11.6. The summed E-state index contributed by atoms with van der Waals surface area (Å²) in [5.41, 5.74) is 1.14. The summed E-state index contributed by atoms with van der Waals surface area (Å²) in [6.45, 7) is 3.61. The fourth-order valence-electron chi connectivity index (χ4n) is 2.34. The van der Waals surface area contributed by atoms with Crippen LogP contribution in [-0.2, 0) is 4.79 Å². The monoisotopic (exact) mass is 326 g/mol. The normalized spacial score (nSPS) is 19.1. The number of hydrogen-bond donors (Lipinski definition) is 2. The first-order valence-corrected chi connectivity index (χ1v) is 7.18. The van der Waals surface area contributed by atoms with Crippen molar-refractivity contribution in [3.63, 3.8) is 0 Å². The summed E-state index contributed by atoms with van der Waals surface area (Å²) >= 11 is 3.48. The second kappa shape index (κ2) is 5.51. The van der Waals surface area contributed by atoms with E-state index in [9.17, 15) is 9.90 Å². The lowest BCUT2D eigenvalue weighted by atomic mass is 9.87. The number of aryl methyl sites for hydroxylation is 1. The quantitative estimate of drug-likeness (QED) is 0.896. The molecule has 5 heteroatoms. The van der Waals surface area contributed by atoms with Crippen molar-refractivity contribution >= 4 is 27.6 Å². The molecule has 19 heavy (non-hydrogen) atoms. The molecule has 2 rings (SSSR count). The van der Waals surface area contributed by atoms with Gasteiger partial charge in [0, 0.05) is 23.2 Å². The summed E-state index contributed by atoms with van der Waals surface area (Å²) in [7, 11) is 2.02. The largest absolute Gasteiger partial charge is 0.480 e. The lowest BCUT2D eigenvalue weighted by molar-refractivity contribution is -0.143. The first kappa shape index (κ1) is 14.3. The van der Waals surface area contributed by atoms with E-state index in [4.69, 9.17) is 0 Å². The highest BCUT2D eigenvalue weighted by molar-refractivity contribution is 9.10. The summed E-state index contributed by atoms with van der Waals surface area (Å²) in [6.07, 6.45) is 1.23. The molecule has 0 spiro atoms. The van der Waals surface area contributed by atoms with Gasteiger partial charge in [-0.05, 0) is 44.5 Å². The van der Waals surface area contributed by atoms with Gasteiger partial charge in [-0.15, -0.1) is 0 Å². The Morgan fingerprint density at radius 2 is 2.05 bits per heavy atom. The van der Waals surface area contributed by atoms with Crippen LogP contribution in [0.4, 0.5) is 5.69 Å². The van der Waals surface area contributed by atoms with Crippen molar-refractivity contribution in [3.05, 3.63) is 28.2 Å². The van der Waals surface area contributed by atoms with Crippen molar-refractivity contribution in [1.29, 1.82) is 0 Å². The van der Waals surface area contributed by atoms with E-state index in [0.29, 0.717) is 12.8 Å². The van der Waals surface area contributed by atoms with Crippen LogP contribution in [-0.4, -0.2) is 41.7 Å². The summed E-state index contributed by atoms with van der Waals surface area (Å²) in [6, 6.07) is 5.86. The van der Waals surface area contributed by atoms with Gasteiger partial charge in [0.1, 0.15) is 5.54 Å². The van der Waals surface area contributed by atoms with Crippen LogP contribution in [0, 0.1) is 6.92 Å². The molecular formula is C14H19BrN2O2. The summed E-state index contributed by atoms with van der Waals surface area (Å²) < 4.78 is 0.992. The minimum atomic E-state index is -0.846. The number of nitrogens with zero attached hydrogens (tertiary/aromatic N) is 1. The zero-order valence-corrected chi connectivity index (χ0v) is 12.8. The van der Waals surface area contributed by atoms with Gasteiger partial charge in [-0.25, -0.2) is 4.79 Å².